The van der Waals surface area contributed by atoms with E-state index in [1.807, 2.05) is 29.1 Å². The molecular formula is C13H15N3O. The maximum atomic E-state index is 5.79. The third-order valence-corrected chi connectivity index (χ3v) is 3.09. The summed E-state index contributed by atoms with van der Waals surface area (Å²) in [6.45, 7) is 0. The maximum Gasteiger partial charge on any atom is 0.143 e. The van der Waals surface area contributed by atoms with Gasteiger partial charge in [-0.3, -0.25) is 0 Å². The largest absolute Gasteiger partial charge is 0.495 e. The fraction of sp³-hybridized carbons (Fsp3) is 0.308. The van der Waals surface area contributed by atoms with Gasteiger partial charge in [0.15, 0.2) is 0 Å². The first-order chi connectivity index (χ1) is 8.28. The van der Waals surface area contributed by atoms with Crippen LogP contribution in [-0.4, -0.2) is 16.9 Å². The summed E-state index contributed by atoms with van der Waals surface area (Å²) in [7, 11) is 1.62. The molecule has 1 aliphatic carbocycles. The van der Waals surface area contributed by atoms with Crippen LogP contribution in [0.1, 0.15) is 24.5 Å². The van der Waals surface area contributed by atoms with Crippen LogP contribution in [0.3, 0.4) is 0 Å². The molecule has 4 heteroatoms. The highest BCUT2D eigenvalue weighted by molar-refractivity contribution is 5.57. The van der Waals surface area contributed by atoms with Crippen LogP contribution in [0.4, 0.5) is 5.69 Å². The Morgan fingerprint density at radius 1 is 1.35 bits per heavy atom. The molecule has 1 aromatic heterocycles. The van der Waals surface area contributed by atoms with E-state index in [0.29, 0.717) is 17.4 Å². The summed E-state index contributed by atoms with van der Waals surface area (Å²) >= 11 is 0. The molecule has 2 aromatic rings. The van der Waals surface area contributed by atoms with Crippen molar-refractivity contribution in [2.45, 2.75) is 18.8 Å². The van der Waals surface area contributed by atoms with Crippen LogP contribution in [-0.2, 0) is 0 Å². The molecular weight excluding hydrogens is 214 g/mol. The van der Waals surface area contributed by atoms with Crippen LogP contribution in [0.15, 0.2) is 30.5 Å². The van der Waals surface area contributed by atoms with E-state index in [2.05, 4.69) is 11.2 Å². The predicted molar refractivity (Wildman–Crippen MR) is 66.5 cm³/mol. The van der Waals surface area contributed by atoms with Gasteiger partial charge in [0.25, 0.3) is 0 Å². The highest BCUT2D eigenvalue weighted by Crippen LogP contribution is 2.39. The second kappa shape index (κ2) is 3.80. The lowest BCUT2D eigenvalue weighted by Crippen LogP contribution is -1.98. The first kappa shape index (κ1) is 10.2. The normalized spacial score (nSPS) is 14.9. The predicted octanol–water partition coefficient (Wildman–Crippen LogP) is 2.34. The zero-order valence-corrected chi connectivity index (χ0v) is 9.76. The quantitative estimate of drug-likeness (QED) is 0.822. The standard InChI is InChI=1S/C13H15N3O/c1-17-13-8-10(4-5-11(13)14)16-7-6-12(15-16)9-2-3-9/h4-9H,2-3,14H2,1H3. The molecule has 88 valence electrons. The number of hydrogen-bond acceptors (Lipinski definition) is 3. The zero-order valence-electron chi connectivity index (χ0n) is 9.76. The van der Waals surface area contributed by atoms with Crippen LogP contribution in [0.2, 0.25) is 0 Å². The average molecular weight is 229 g/mol. The van der Waals surface area contributed by atoms with E-state index in [0.717, 1.165) is 5.69 Å². The molecule has 0 amide bonds. The summed E-state index contributed by atoms with van der Waals surface area (Å²) in [4.78, 5) is 0. The van der Waals surface area contributed by atoms with Crippen molar-refractivity contribution in [1.29, 1.82) is 0 Å². The maximum absolute atomic E-state index is 5.79. The highest BCUT2D eigenvalue weighted by Gasteiger charge is 2.25. The third-order valence-electron chi connectivity index (χ3n) is 3.09. The van der Waals surface area contributed by atoms with Crippen LogP contribution < -0.4 is 10.5 Å². The summed E-state index contributed by atoms with van der Waals surface area (Å²) < 4.78 is 7.08. The fourth-order valence-corrected chi connectivity index (χ4v) is 1.92. The van der Waals surface area contributed by atoms with Crippen molar-refractivity contribution in [1.82, 2.24) is 9.78 Å². The Kier molecular flexibility index (Phi) is 2.28. The Morgan fingerprint density at radius 3 is 2.88 bits per heavy atom. The number of nitrogen functional groups attached to an aromatic ring is 1. The van der Waals surface area contributed by atoms with Gasteiger partial charge in [0.1, 0.15) is 5.75 Å². The smallest absolute Gasteiger partial charge is 0.143 e. The second-order valence-electron chi connectivity index (χ2n) is 4.39. The number of hydrogen-bond donors (Lipinski definition) is 1. The molecule has 2 N–H and O–H groups in total. The number of anilines is 1. The van der Waals surface area contributed by atoms with E-state index >= 15 is 0 Å². The Hall–Kier alpha value is -1.97. The van der Waals surface area contributed by atoms with E-state index in [-0.39, 0.29) is 0 Å². The van der Waals surface area contributed by atoms with Gasteiger partial charge in [-0.05, 0) is 31.0 Å². The molecule has 1 heterocycles. The fourth-order valence-electron chi connectivity index (χ4n) is 1.92. The number of benzene rings is 1. The zero-order chi connectivity index (χ0) is 11.8. The minimum absolute atomic E-state index is 0.644. The van der Waals surface area contributed by atoms with Crippen LogP contribution in [0, 0.1) is 0 Å². The molecule has 0 spiro atoms. The molecule has 3 rings (SSSR count). The number of aromatic nitrogens is 2. The summed E-state index contributed by atoms with van der Waals surface area (Å²) in [6, 6.07) is 7.77. The molecule has 0 aliphatic heterocycles. The van der Waals surface area contributed by atoms with Gasteiger partial charge in [0.2, 0.25) is 0 Å². The van der Waals surface area contributed by atoms with Gasteiger partial charge in [0.05, 0.1) is 24.2 Å². The van der Waals surface area contributed by atoms with E-state index in [9.17, 15) is 0 Å². The monoisotopic (exact) mass is 229 g/mol. The Balaban J connectivity index is 1.96. The van der Waals surface area contributed by atoms with Crippen molar-refractivity contribution < 1.29 is 4.74 Å². The molecule has 1 aliphatic rings. The van der Waals surface area contributed by atoms with Gasteiger partial charge < -0.3 is 10.5 Å². The molecule has 1 aromatic carbocycles. The Morgan fingerprint density at radius 2 is 2.18 bits per heavy atom. The number of nitrogens with two attached hydrogens (primary N) is 1. The molecule has 1 saturated carbocycles. The molecule has 0 radical (unpaired) electrons. The lowest BCUT2D eigenvalue weighted by molar-refractivity contribution is 0.416. The van der Waals surface area contributed by atoms with E-state index in [1.54, 1.807) is 7.11 Å². The Labute approximate surface area is 100 Å². The summed E-state index contributed by atoms with van der Waals surface area (Å²) in [6.07, 6.45) is 4.52. The van der Waals surface area contributed by atoms with Crippen LogP contribution >= 0.6 is 0 Å². The second-order valence-corrected chi connectivity index (χ2v) is 4.39. The SMILES string of the molecule is COc1cc(-n2ccc(C3CC3)n2)ccc1N. The van der Waals surface area contributed by atoms with Crippen molar-refractivity contribution in [2.75, 3.05) is 12.8 Å². The molecule has 0 saturated heterocycles. The molecule has 1 fully saturated rings. The van der Waals surface area contributed by atoms with Crippen molar-refractivity contribution >= 4 is 5.69 Å². The molecule has 4 nitrogen and oxygen atoms in total. The molecule has 17 heavy (non-hydrogen) atoms. The lowest BCUT2D eigenvalue weighted by atomic mass is 10.2. The number of methoxy groups -OCH3 is 1. The lowest BCUT2D eigenvalue weighted by Gasteiger charge is -2.07. The van der Waals surface area contributed by atoms with Crippen molar-refractivity contribution in [3.63, 3.8) is 0 Å². The van der Waals surface area contributed by atoms with E-state index < -0.39 is 0 Å². The van der Waals surface area contributed by atoms with Crippen molar-refractivity contribution in [2.24, 2.45) is 0 Å². The van der Waals surface area contributed by atoms with Gasteiger partial charge >= 0.3 is 0 Å². The van der Waals surface area contributed by atoms with Gasteiger partial charge in [-0.1, -0.05) is 0 Å². The van der Waals surface area contributed by atoms with Crippen LogP contribution in [0.25, 0.3) is 5.69 Å². The molecule has 0 atom stereocenters. The van der Waals surface area contributed by atoms with Crippen molar-refractivity contribution in [3.05, 3.63) is 36.2 Å². The number of nitrogens with zero attached hydrogens (tertiary/aromatic N) is 2. The summed E-state index contributed by atoms with van der Waals surface area (Å²) in [5, 5.41) is 4.57. The Bertz CT molecular complexity index is 543. The van der Waals surface area contributed by atoms with Gasteiger partial charge in [-0.15, -0.1) is 0 Å². The van der Waals surface area contributed by atoms with Crippen LogP contribution in [0.5, 0.6) is 5.75 Å². The number of rotatable bonds is 3. The topological polar surface area (TPSA) is 53.1 Å². The average Bonchev–Trinajstić information content (AvgIpc) is 3.08. The highest BCUT2D eigenvalue weighted by atomic mass is 16.5. The van der Waals surface area contributed by atoms with E-state index in [4.69, 9.17) is 10.5 Å². The van der Waals surface area contributed by atoms with E-state index in [1.165, 1.54) is 18.5 Å². The number of ether oxygens (including phenoxy) is 1. The van der Waals surface area contributed by atoms with Gasteiger partial charge in [-0.2, -0.15) is 5.10 Å². The minimum Gasteiger partial charge on any atom is -0.495 e. The first-order valence-corrected chi connectivity index (χ1v) is 5.77. The molecule has 0 unspecified atom stereocenters. The minimum atomic E-state index is 0.644. The summed E-state index contributed by atoms with van der Waals surface area (Å²) in [5.41, 5.74) is 8.59. The molecule has 0 bridgehead atoms. The summed E-state index contributed by atoms with van der Waals surface area (Å²) in [5.74, 6) is 1.36. The first-order valence-electron chi connectivity index (χ1n) is 5.77. The van der Waals surface area contributed by atoms with Gasteiger partial charge in [0, 0.05) is 18.2 Å². The van der Waals surface area contributed by atoms with Crippen molar-refractivity contribution in [3.8, 4) is 11.4 Å². The third kappa shape index (κ3) is 1.86. The van der Waals surface area contributed by atoms with Gasteiger partial charge in [-0.25, -0.2) is 4.68 Å².